The largest absolute Gasteiger partial charge is 0.383 e. The van der Waals surface area contributed by atoms with E-state index in [4.69, 9.17) is 4.74 Å². The monoisotopic (exact) mass is 549 g/mol. The SMILES string of the molecule is COCCN1CCC(CCn2c(C(=O)N[C@H]3CCCC[C@H]3C(=O)N[C@H](C#N)CC(C)C)cc3ccccc32)CC1. The molecular weight excluding hydrogens is 502 g/mol. The lowest BCUT2D eigenvalue weighted by molar-refractivity contribution is -0.127. The number of hydrogen-bond acceptors (Lipinski definition) is 5. The summed E-state index contributed by atoms with van der Waals surface area (Å²) in [6.07, 6.45) is 7.43. The van der Waals surface area contributed by atoms with Gasteiger partial charge in [0.1, 0.15) is 11.7 Å². The van der Waals surface area contributed by atoms with Gasteiger partial charge in [-0.2, -0.15) is 5.26 Å². The zero-order valence-electron chi connectivity index (χ0n) is 24.5. The van der Waals surface area contributed by atoms with Crippen molar-refractivity contribution in [1.29, 1.82) is 5.26 Å². The van der Waals surface area contributed by atoms with E-state index < -0.39 is 6.04 Å². The second-order valence-electron chi connectivity index (χ2n) is 12.1. The van der Waals surface area contributed by atoms with Gasteiger partial charge < -0.3 is 24.8 Å². The number of aromatic nitrogens is 1. The third kappa shape index (κ3) is 7.86. The zero-order chi connectivity index (χ0) is 28.5. The molecule has 1 saturated carbocycles. The van der Waals surface area contributed by atoms with Gasteiger partial charge in [0, 0.05) is 37.1 Å². The van der Waals surface area contributed by atoms with Gasteiger partial charge in [0.05, 0.1) is 18.6 Å². The highest BCUT2D eigenvalue weighted by atomic mass is 16.5. The van der Waals surface area contributed by atoms with Crippen LogP contribution in [0.4, 0.5) is 0 Å². The third-order valence-corrected chi connectivity index (χ3v) is 8.72. The summed E-state index contributed by atoms with van der Waals surface area (Å²) in [7, 11) is 1.75. The number of methoxy groups -OCH3 is 1. The summed E-state index contributed by atoms with van der Waals surface area (Å²) in [6.45, 7) is 8.86. The number of likely N-dealkylation sites (tertiary alicyclic amines) is 1. The molecule has 2 aromatic rings. The summed E-state index contributed by atoms with van der Waals surface area (Å²) in [5, 5.41) is 16.8. The van der Waals surface area contributed by atoms with Gasteiger partial charge in [0.2, 0.25) is 5.91 Å². The number of carbonyl (C=O) groups is 2. The van der Waals surface area contributed by atoms with Crippen LogP contribution in [0.2, 0.25) is 0 Å². The maximum Gasteiger partial charge on any atom is 0.268 e. The highest BCUT2D eigenvalue weighted by Crippen LogP contribution is 2.28. The number of para-hydroxylation sites is 1. The maximum atomic E-state index is 13.8. The van der Waals surface area contributed by atoms with E-state index in [0.717, 1.165) is 75.8 Å². The summed E-state index contributed by atoms with van der Waals surface area (Å²) in [5.41, 5.74) is 1.74. The molecule has 0 bridgehead atoms. The predicted octanol–water partition coefficient (Wildman–Crippen LogP) is 4.73. The van der Waals surface area contributed by atoms with Gasteiger partial charge in [-0.15, -0.1) is 0 Å². The summed E-state index contributed by atoms with van der Waals surface area (Å²) in [5.74, 6) is 0.406. The van der Waals surface area contributed by atoms with E-state index >= 15 is 0 Å². The molecule has 2 heterocycles. The van der Waals surface area contributed by atoms with Gasteiger partial charge in [0.15, 0.2) is 0 Å². The standard InChI is InChI=1S/C32H47N5O3/c1-23(2)20-26(22-33)34-31(38)27-9-5-6-10-28(27)35-32(39)30-21-25-8-4-7-11-29(25)37(30)17-14-24-12-15-36(16-13-24)18-19-40-3/h4,7-8,11,21,23-24,26-28H,5-6,9-10,12-20H2,1-3H3,(H,34,38)(H,35,39)/t26-,27+,28-/m0/s1. The van der Waals surface area contributed by atoms with E-state index in [-0.39, 0.29) is 23.8 Å². The fourth-order valence-electron chi connectivity index (χ4n) is 6.42. The van der Waals surface area contributed by atoms with Crippen molar-refractivity contribution in [2.24, 2.45) is 17.8 Å². The molecule has 0 spiro atoms. The molecule has 4 rings (SSSR count). The Balaban J connectivity index is 1.43. The van der Waals surface area contributed by atoms with Gasteiger partial charge in [0.25, 0.3) is 5.91 Å². The van der Waals surface area contributed by atoms with Gasteiger partial charge >= 0.3 is 0 Å². The smallest absolute Gasteiger partial charge is 0.268 e. The van der Waals surface area contributed by atoms with Crippen molar-refractivity contribution in [2.45, 2.75) is 83.8 Å². The van der Waals surface area contributed by atoms with E-state index in [9.17, 15) is 14.9 Å². The van der Waals surface area contributed by atoms with Crippen LogP contribution in [0.1, 0.15) is 75.7 Å². The number of benzene rings is 1. The van der Waals surface area contributed by atoms with Gasteiger partial charge in [-0.05, 0) is 75.6 Å². The molecule has 2 fully saturated rings. The lowest BCUT2D eigenvalue weighted by atomic mass is 9.83. The number of ether oxygens (including phenoxy) is 1. The zero-order valence-corrected chi connectivity index (χ0v) is 24.5. The minimum absolute atomic E-state index is 0.116. The number of nitrogens with one attached hydrogen (secondary N) is 2. The molecule has 8 nitrogen and oxygen atoms in total. The highest BCUT2D eigenvalue weighted by Gasteiger charge is 2.34. The molecule has 1 aromatic carbocycles. The second kappa shape index (κ2) is 14.7. The molecule has 218 valence electrons. The molecule has 40 heavy (non-hydrogen) atoms. The summed E-state index contributed by atoms with van der Waals surface area (Å²) >= 11 is 0. The molecule has 0 radical (unpaired) electrons. The Morgan fingerprint density at radius 3 is 2.58 bits per heavy atom. The van der Waals surface area contributed by atoms with Crippen LogP contribution in [-0.4, -0.2) is 66.7 Å². The van der Waals surface area contributed by atoms with E-state index in [0.29, 0.717) is 24.0 Å². The molecule has 8 heteroatoms. The van der Waals surface area contributed by atoms with E-state index in [2.05, 4.69) is 38.3 Å². The van der Waals surface area contributed by atoms with Crippen molar-refractivity contribution in [3.8, 4) is 6.07 Å². The molecule has 1 aromatic heterocycles. The van der Waals surface area contributed by atoms with E-state index in [1.165, 1.54) is 12.8 Å². The van der Waals surface area contributed by atoms with Gasteiger partial charge in [-0.3, -0.25) is 9.59 Å². The summed E-state index contributed by atoms with van der Waals surface area (Å²) < 4.78 is 7.41. The first kappa shape index (κ1) is 30.1. The Morgan fingerprint density at radius 1 is 1.10 bits per heavy atom. The van der Waals surface area contributed by atoms with Crippen LogP contribution in [0, 0.1) is 29.1 Å². The van der Waals surface area contributed by atoms with Crippen molar-refractivity contribution >= 4 is 22.7 Å². The number of carbonyl (C=O) groups excluding carboxylic acids is 2. The van der Waals surface area contributed by atoms with Crippen LogP contribution in [0.15, 0.2) is 30.3 Å². The number of nitrogens with zero attached hydrogens (tertiary/aromatic N) is 3. The number of fused-ring (bicyclic) bond motifs is 1. The van der Waals surface area contributed by atoms with Crippen LogP contribution < -0.4 is 10.6 Å². The minimum Gasteiger partial charge on any atom is -0.383 e. The number of piperidine rings is 1. The van der Waals surface area contributed by atoms with Crippen molar-refractivity contribution in [1.82, 2.24) is 20.1 Å². The lowest BCUT2D eigenvalue weighted by Crippen LogP contribution is -2.50. The fraction of sp³-hybridized carbons (Fsp3) is 0.656. The third-order valence-electron chi connectivity index (χ3n) is 8.72. The number of rotatable bonds is 12. The molecule has 3 atom stereocenters. The first-order valence-electron chi connectivity index (χ1n) is 15.2. The van der Waals surface area contributed by atoms with Gasteiger partial charge in [-0.1, -0.05) is 44.9 Å². The van der Waals surface area contributed by atoms with Crippen molar-refractivity contribution in [3.05, 3.63) is 36.0 Å². The topological polar surface area (TPSA) is 99.4 Å². The Labute approximate surface area is 239 Å². The summed E-state index contributed by atoms with van der Waals surface area (Å²) in [6, 6.07) is 11.7. The number of hydrogen-bond donors (Lipinski definition) is 2. The van der Waals surface area contributed by atoms with Crippen molar-refractivity contribution < 1.29 is 14.3 Å². The normalized spacial score (nSPS) is 21.3. The first-order valence-corrected chi connectivity index (χ1v) is 15.2. The van der Waals surface area contributed by atoms with E-state index in [1.807, 2.05) is 32.0 Å². The average Bonchev–Trinajstić information content (AvgIpc) is 3.34. The molecule has 2 aliphatic rings. The maximum absolute atomic E-state index is 13.8. The Bertz CT molecular complexity index is 1160. The number of amides is 2. The molecule has 1 saturated heterocycles. The molecule has 2 N–H and O–H groups in total. The van der Waals surface area contributed by atoms with Crippen LogP contribution in [0.3, 0.4) is 0 Å². The van der Waals surface area contributed by atoms with E-state index in [1.54, 1.807) is 7.11 Å². The minimum atomic E-state index is -0.500. The number of nitriles is 1. The van der Waals surface area contributed by atoms with Crippen molar-refractivity contribution in [2.75, 3.05) is 33.4 Å². The highest BCUT2D eigenvalue weighted by molar-refractivity contribution is 5.99. The summed E-state index contributed by atoms with van der Waals surface area (Å²) in [4.78, 5) is 29.4. The lowest BCUT2D eigenvalue weighted by Gasteiger charge is -2.32. The quantitative estimate of drug-likeness (QED) is 0.399. The first-order chi connectivity index (χ1) is 19.4. The van der Waals surface area contributed by atoms with Crippen LogP contribution in [-0.2, 0) is 16.1 Å². The van der Waals surface area contributed by atoms with Gasteiger partial charge in [-0.25, -0.2) is 0 Å². The fourth-order valence-corrected chi connectivity index (χ4v) is 6.42. The Morgan fingerprint density at radius 2 is 1.85 bits per heavy atom. The second-order valence-corrected chi connectivity index (χ2v) is 12.1. The molecule has 1 aliphatic carbocycles. The van der Waals surface area contributed by atoms with Crippen LogP contribution >= 0.6 is 0 Å². The molecular formula is C32H47N5O3. The average molecular weight is 550 g/mol. The predicted molar refractivity (Wildman–Crippen MR) is 158 cm³/mol. The Hall–Kier alpha value is -2.89. The number of aryl methyl sites for hydroxylation is 1. The molecule has 0 unspecified atom stereocenters. The van der Waals surface area contributed by atoms with Crippen LogP contribution in [0.25, 0.3) is 10.9 Å². The Kier molecular flexibility index (Phi) is 11.0. The molecule has 1 aliphatic heterocycles. The van der Waals surface area contributed by atoms with Crippen LogP contribution in [0.5, 0.6) is 0 Å². The molecule has 2 amide bonds. The van der Waals surface area contributed by atoms with Crippen molar-refractivity contribution in [3.63, 3.8) is 0 Å².